The molecular formula is C18H26F2N2O. The maximum absolute atomic E-state index is 13.3. The number of carbonyl (C=O) groups is 1. The number of amides is 1. The summed E-state index contributed by atoms with van der Waals surface area (Å²) < 4.78 is 26.4. The van der Waals surface area contributed by atoms with Gasteiger partial charge in [-0.1, -0.05) is 31.7 Å². The molecule has 1 aromatic carbocycles. The Kier molecular flexibility index (Phi) is 6.51. The normalized spacial score (nSPS) is 17.8. The van der Waals surface area contributed by atoms with Gasteiger partial charge in [-0.25, -0.2) is 8.78 Å². The van der Waals surface area contributed by atoms with E-state index >= 15 is 0 Å². The highest BCUT2D eigenvalue weighted by molar-refractivity contribution is 5.78. The predicted octanol–water partition coefficient (Wildman–Crippen LogP) is 3.80. The molecule has 0 spiro atoms. The Morgan fingerprint density at radius 2 is 1.87 bits per heavy atom. The van der Waals surface area contributed by atoms with Crippen molar-refractivity contribution in [2.24, 2.45) is 0 Å². The van der Waals surface area contributed by atoms with E-state index in [2.05, 4.69) is 5.32 Å². The zero-order valence-electron chi connectivity index (χ0n) is 13.9. The van der Waals surface area contributed by atoms with Crippen LogP contribution in [0.5, 0.6) is 0 Å². The second-order valence-corrected chi connectivity index (χ2v) is 6.52. The van der Waals surface area contributed by atoms with Crippen molar-refractivity contribution < 1.29 is 13.6 Å². The summed E-state index contributed by atoms with van der Waals surface area (Å²) in [5, 5.41) is 3.10. The van der Waals surface area contributed by atoms with Gasteiger partial charge in [0, 0.05) is 12.1 Å². The highest BCUT2D eigenvalue weighted by Crippen LogP contribution is 2.21. The summed E-state index contributed by atoms with van der Waals surface area (Å²) in [5.41, 5.74) is 0.661. The van der Waals surface area contributed by atoms with Gasteiger partial charge in [0.25, 0.3) is 0 Å². The van der Waals surface area contributed by atoms with Gasteiger partial charge in [-0.05, 0) is 44.5 Å². The van der Waals surface area contributed by atoms with Crippen molar-refractivity contribution in [3.63, 3.8) is 0 Å². The topological polar surface area (TPSA) is 32.3 Å². The molecule has 0 aliphatic heterocycles. The predicted molar refractivity (Wildman–Crippen MR) is 87.0 cm³/mol. The molecule has 0 aromatic heterocycles. The molecule has 1 aliphatic rings. The highest BCUT2D eigenvalue weighted by atomic mass is 19.2. The first-order valence-corrected chi connectivity index (χ1v) is 8.42. The van der Waals surface area contributed by atoms with Gasteiger partial charge < -0.3 is 5.32 Å². The molecule has 0 radical (unpaired) electrons. The van der Waals surface area contributed by atoms with Crippen LogP contribution in [0.3, 0.4) is 0 Å². The van der Waals surface area contributed by atoms with E-state index in [1.54, 1.807) is 6.07 Å². The lowest BCUT2D eigenvalue weighted by molar-refractivity contribution is -0.123. The third-order valence-corrected chi connectivity index (χ3v) is 4.70. The summed E-state index contributed by atoms with van der Waals surface area (Å²) in [6.07, 6.45) is 6.94. The van der Waals surface area contributed by atoms with E-state index in [1.165, 1.54) is 31.7 Å². The van der Waals surface area contributed by atoms with E-state index in [-0.39, 0.29) is 24.5 Å². The number of hydrogen-bond acceptors (Lipinski definition) is 2. The molecule has 3 nitrogen and oxygen atoms in total. The molecule has 1 N–H and O–H groups in total. The number of halogens is 2. The van der Waals surface area contributed by atoms with Crippen LogP contribution in [-0.2, 0) is 4.79 Å². The van der Waals surface area contributed by atoms with Crippen LogP contribution in [0, 0.1) is 11.6 Å². The summed E-state index contributed by atoms with van der Waals surface area (Å²) in [5.74, 6) is -1.71. The van der Waals surface area contributed by atoms with Gasteiger partial charge in [0.2, 0.25) is 5.91 Å². The minimum absolute atomic E-state index is 0.00571. The molecule has 2 rings (SSSR count). The molecule has 1 fully saturated rings. The van der Waals surface area contributed by atoms with Crippen molar-refractivity contribution in [3.05, 3.63) is 35.4 Å². The minimum atomic E-state index is -0.856. The molecular weight excluding hydrogens is 298 g/mol. The Bertz CT molecular complexity index is 528. The first-order valence-electron chi connectivity index (χ1n) is 8.42. The molecule has 1 unspecified atom stereocenters. The maximum atomic E-state index is 13.3. The van der Waals surface area contributed by atoms with Crippen LogP contribution < -0.4 is 5.32 Å². The molecule has 1 atom stereocenters. The molecule has 23 heavy (non-hydrogen) atoms. The summed E-state index contributed by atoms with van der Waals surface area (Å²) in [7, 11) is 1.82. The van der Waals surface area contributed by atoms with E-state index in [9.17, 15) is 13.6 Å². The molecule has 1 aromatic rings. The van der Waals surface area contributed by atoms with E-state index in [0.29, 0.717) is 5.56 Å². The molecule has 1 aliphatic carbocycles. The van der Waals surface area contributed by atoms with Gasteiger partial charge in [0.05, 0.1) is 6.54 Å². The lowest BCUT2D eigenvalue weighted by Crippen LogP contribution is -2.41. The van der Waals surface area contributed by atoms with Crippen LogP contribution in [0.25, 0.3) is 0 Å². The van der Waals surface area contributed by atoms with Gasteiger partial charge in [0.1, 0.15) is 0 Å². The fraction of sp³-hybridized carbons (Fsp3) is 0.611. The Labute approximate surface area is 137 Å². The fourth-order valence-corrected chi connectivity index (χ4v) is 3.09. The van der Waals surface area contributed by atoms with Crippen molar-refractivity contribution in [3.8, 4) is 0 Å². The smallest absolute Gasteiger partial charge is 0.234 e. The number of rotatable bonds is 5. The van der Waals surface area contributed by atoms with Gasteiger partial charge in [0.15, 0.2) is 11.6 Å². The van der Waals surface area contributed by atoms with Gasteiger partial charge in [-0.15, -0.1) is 0 Å². The van der Waals surface area contributed by atoms with Gasteiger partial charge in [-0.2, -0.15) is 0 Å². The number of likely N-dealkylation sites (N-methyl/N-ethyl adjacent to an activating group) is 1. The Morgan fingerprint density at radius 3 is 2.48 bits per heavy atom. The molecule has 1 amide bonds. The number of nitrogens with zero attached hydrogens (tertiary/aromatic N) is 1. The fourth-order valence-electron chi connectivity index (χ4n) is 3.09. The number of hydrogen-bond donors (Lipinski definition) is 1. The van der Waals surface area contributed by atoms with E-state index in [1.807, 2.05) is 18.9 Å². The van der Waals surface area contributed by atoms with Gasteiger partial charge >= 0.3 is 0 Å². The second-order valence-electron chi connectivity index (χ2n) is 6.52. The summed E-state index contributed by atoms with van der Waals surface area (Å²) >= 11 is 0. The number of nitrogens with one attached hydrogen (secondary N) is 1. The Morgan fingerprint density at radius 1 is 1.22 bits per heavy atom. The molecule has 128 valence electrons. The van der Waals surface area contributed by atoms with Crippen LogP contribution in [0.15, 0.2) is 18.2 Å². The SMILES string of the molecule is CC(c1ccc(F)c(F)c1)N(C)CC(=O)NC1CCCCCC1. The quantitative estimate of drug-likeness (QED) is 0.836. The monoisotopic (exact) mass is 324 g/mol. The van der Waals surface area contributed by atoms with Crippen LogP contribution in [0.1, 0.15) is 57.1 Å². The van der Waals surface area contributed by atoms with E-state index < -0.39 is 11.6 Å². The van der Waals surface area contributed by atoms with Crippen molar-refractivity contribution in [2.45, 2.75) is 57.5 Å². The largest absolute Gasteiger partial charge is 0.352 e. The zero-order chi connectivity index (χ0) is 16.8. The van der Waals surface area contributed by atoms with Crippen molar-refractivity contribution in [2.75, 3.05) is 13.6 Å². The highest BCUT2D eigenvalue weighted by Gasteiger charge is 2.19. The summed E-state index contributed by atoms with van der Waals surface area (Å²) in [6, 6.07) is 3.99. The average molecular weight is 324 g/mol. The van der Waals surface area contributed by atoms with E-state index in [0.717, 1.165) is 18.9 Å². The molecule has 1 saturated carbocycles. The lowest BCUT2D eigenvalue weighted by atomic mass is 10.1. The second kappa shape index (κ2) is 8.39. The van der Waals surface area contributed by atoms with E-state index in [4.69, 9.17) is 0 Å². The standard InChI is InChI=1S/C18H26F2N2O/c1-13(14-9-10-16(19)17(20)11-14)22(2)12-18(23)21-15-7-5-3-4-6-8-15/h9-11,13,15H,3-8,12H2,1-2H3,(H,21,23). The molecule has 0 saturated heterocycles. The minimum Gasteiger partial charge on any atom is -0.352 e. The summed E-state index contributed by atoms with van der Waals surface area (Å²) in [6.45, 7) is 2.13. The van der Waals surface area contributed by atoms with Crippen LogP contribution in [0.4, 0.5) is 8.78 Å². The zero-order valence-corrected chi connectivity index (χ0v) is 13.9. The summed E-state index contributed by atoms with van der Waals surface area (Å²) in [4.78, 5) is 14.0. The third kappa shape index (κ3) is 5.27. The molecule has 0 bridgehead atoms. The first kappa shape index (κ1) is 17.9. The lowest BCUT2D eigenvalue weighted by Gasteiger charge is -2.26. The number of carbonyl (C=O) groups excluding carboxylic acids is 1. The first-order chi connectivity index (χ1) is 11.0. The Balaban J connectivity index is 1.87. The van der Waals surface area contributed by atoms with Crippen molar-refractivity contribution in [1.29, 1.82) is 0 Å². The molecule has 0 heterocycles. The van der Waals surface area contributed by atoms with Crippen LogP contribution in [0.2, 0.25) is 0 Å². The molecule has 5 heteroatoms. The van der Waals surface area contributed by atoms with Crippen molar-refractivity contribution in [1.82, 2.24) is 10.2 Å². The van der Waals surface area contributed by atoms with Crippen LogP contribution in [-0.4, -0.2) is 30.4 Å². The maximum Gasteiger partial charge on any atom is 0.234 e. The van der Waals surface area contributed by atoms with Gasteiger partial charge in [-0.3, -0.25) is 9.69 Å². The van der Waals surface area contributed by atoms with Crippen LogP contribution >= 0.6 is 0 Å². The number of benzene rings is 1. The Hall–Kier alpha value is -1.49. The third-order valence-electron chi connectivity index (χ3n) is 4.70. The average Bonchev–Trinajstić information content (AvgIpc) is 2.77. The van der Waals surface area contributed by atoms with Crippen molar-refractivity contribution >= 4 is 5.91 Å².